The van der Waals surface area contributed by atoms with Gasteiger partial charge in [-0.2, -0.15) is 0 Å². The Morgan fingerprint density at radius 3 is 0.853 bits per heavy atom. The predicted molar refractivity (Wildman–Crippen MR) is 325 cm³/mol. The van der Waals surface area contributed by atoms with E-state index in [0.29, 0.717) is 25.7 Å². The summed E-state index contributed by atoms with van der Waals surface area (Å²) in [5, 5.41) is 0. The molecule has 0 saturated carbocycles. The van der Waals surface area contributed by atoms with Gasteiger partial charge in [-0.1, -0.05) is 257 Å². The van der Waals surface area contributed by atoms with Gasteiger partial charge in [0.25, 0.3) is 0 Å². The van der Waals surface area contributed by atoms with Crippen LogP contribution in [0.5, 0.6) is 0 Å². The van der Waals surface area contributed by atoms with Gasteiger partial charge in [0.2, 0.25) is 0 Å². The first kappa shape index (κ1) is 70.5. The Balaban J connectivity index is 4.32. The van der Waals surface area contributed by atoms with Gasteiger partial charge in [0.05, 0.1) is 0 Å². The van der Waals surface area contributed by atoms with Crippen LogP contribution in [-0.2, 0) is 28.6 Å². The molecular formula is C69H112O6. The number of rotatable bonds is 54. The number of carbonyl (C=O) groups is 3. The quantitative estimate of drug-likeness (QED) is 0.0261. The van der Waals surface area contributed by atoms with Crippen LogP contribution in [0.2, 0.25) is 0 Å². The van der Waals surface area contributed by atoms with Crippen molar-refractivity contribution in [1.29, 1.82) is 0 Å². The lowest BCUT2D eigenvalue weighted by atomic mass is 10.1. The van der Waals surface area contributed by atoms with Gasteiger partial charge in [0.1, 0.15) is 13.2 Å². The standard InChI is InChI=1S/C69H112O6/c1-4-7-10-13-16-19-22-24-26-27-28-29-30-31-32-33-34-35-36-37-38-39-40-41-42-43-44-46-47-50-53-56-59-62-68(71)74-65-66(64-73-67(70)61-58-55-52-49-21-18-15-12-9-6-3)75-69(72)63-60-57-54-51-48-45-25-23-20-17-14-11-8-5-2/h7,10,16,19,23-26,28-29,31-32,34-35,37-38,40-41,43-44,47,50,66H,4-6,8-9,11-15,17-18,20-22,27,30,33,36,39,42,45-46,48-49,51-65H2,1-3H3/b10-7-,19-16-,25-23-,26-24-,29-28-,32-31-,35-34-,38-37-,41-40-,44-43-,50-47-. The van der Waals surface area contributed by atoms with Crippen molar-refractivity contribution in [3.8, 4) is 0 Å². The molecule has 0 radical (unpaired) electrons. The van der Waals surface area contributed by atoms with E-state index in [1.165, 1.54) is 89.9 Å². The molecule has 0 aliphatic carbocycles. The Bertz CT molecular complexity index is 1620. The summed E-state index contributed by atoms with van der Waals surface area (Å²) in [4.78, 5) is 38.1. The average Bonchev–Trinajstić information content (AvgIpc) is 3.41. The minimum absolute atomic E-state index is 0.0962. The monoisotopic (exact) mass is 1040 g/mol. The zero-order valence-electron chi connectivity index (χ0n) is 48.5. The van der Waals surface area contributed by atoms with E-state index in [0.717, 1.165) is 128 Å². The van der Waals surface area contributed by atoms with E-state index in [1.807, 2.05) is 0 Å². The third-order valence-electron chi connectivity index (χ3n) is 12.6. The van der Waals surface area contributed by atoms with Crippen molar-refractivity contribution < 1.29 is 28.6 Å². The molecule has 0 bridgehead atoms. The molecule has 0 rings (SSSR count). The van der Waals surface area contributed by atoms with E-state index in [2.05, 4.69) is 154 Å². The number of ether oxygens (including phenoxy) is 3. The van der Waals surface area contributed by atoms with Crippen LogP contribution >= 0.6 is 0 Å². The number of hydrogen-bond donors (Lipinski definition) is 0. The van der Waals surface area contributed by atoms with E-state index >= 15 is 0 Å². The summed E-state index contributed by atoms with van der Waals surface area (Å²) >= 11 is 0. The van der Waals surface area contributed by atoms with Crippen LogP contribution in [0.1, 0.15) is 265 Å². The minimum Gasteiger partial charge on any atom is -0.462 e. The number of hydrogen-bond acceptors (Lipinski definition) is 6. The first-order chi connectivity index (χ1) is 37.0. The molecule has 0 heterocycles. The Morgan fingerprint density at radius 1 is 0.280 bits per heavy atom. The number of carbonyl (C=O) groups excluding carboxylic acids is 3. The van der Waals surface area contributed by atoms with Crippen LogP contribution in [0.4, 0.5) is 0 Å². The fraction of sp³-hybridized carbons (Fsp3) is 0.638. The van der Waals surface area contributed by atoms with Crippen molar-refractivity contribution in [1.82, 2.24) is 0 Å². The normalized spacial score (nSPS) is 13.1. The summed E-state index contributed by atoms with van der Waals surface area (Å²) in [6, 6.07) is 0. The molecule has 1 atom stereocenters. The van der Waals surface area contributed by atoms with Crippen LogP contribution in [0.25, 0.3) is 0 Å². The zero-order valence-corrected chi connectivity index (χ0v) is 48.5. The maximum atomic E-state index is 12.8. The second kappa shape index (κ2) is 62.1. The molecule has 0 aliphatic rings. The molecule has 0 aromatic heterocycles. The van der Waals surface area contributed by atoms with Crippen molar-refractivity contribution in [2.24, 2.45) is 0 Å². The molecule has 0 aliphatic heterocycles. The molecule has 6 nitrogen and oxygen atoms in total. The van der Waals surface area contributed by atoms with Crippen LogP contribution in [0.15, 0.2) is 134 Å². The molecule has 0 aromatic rings. The van der Waals surface area contributed by atoms with Gasteiger partial charge in [0.15, 0.2) is 6.10 Å². The number of unbranched alkanes of at least 4 members (excludes halogenated alkanes) is 21. The third-order valence-corrected chi connectivity index (χ3v) is 12.6. The highest BCUT2D eigenvalue weighted by molar-refractivity contribution is 5.71. The summed E-state index contributed by atoms with van der Waals surface area (Å²) in [6.45, 7) is 6.46. The minimum atomic E-state index is -0.801. The molecule has 0 fully saturated rings. The van der Waals surface area contributed by atoms with Crippen LogP contribution in [-0.4, -0.2) is 37.2 Å². The van der Waals surface area contributed by atoms with Crippen molar-refractivity contribution in [3.05, 3.63) is 134 Å². The lowest BCUT2D eigenvalue weighted by Crippen LogP contribution is -2.30. The fourth-order valence-corrected chi connectivity index (χ4v) is 8.05. The van der Waals surface area contributed by atoms with Crippen molar-refractivity contribution in [2.75, 3.05) is 13.2 Å². The molecule has 75 heavy (non-hydrogen) atoms. The number of allylic oxidation sites excluding steroid dienone is 22. The molecule has 1 unspecified atom stereocenters. The van der Waals surface area contributed by atoms with Crippen LogP contribution in [0, 0.1) is 0 Å². The van der Waals surface area contributed by atoms with Crippen molar-refractivity contribution in [3.63, 3.8) is 0 Å². The first-order valence-electron chi connectivity index (χ1n) is 30.7. The average molecular weight is 1040 g/mol. The second-order valence-electron chi connectivity index (χ2n) is 19.9. The molecule has 0 aromatic carbocycles. The summed E-state index contributed by atoms with van der Waals surface area (Å²) in [5.74, 6) is -0.954. The lowest BCUT2D eigenvalue weighted by Gasteiger charge is -2.18. The topological polar surface area (TPSA) is 78.9 Å². The predicted octanol–water partition coefficient (Wildman–Crippen LogP) is 21.0. The lowest BCUT2D eigenvalue weighted by molar-refractivity contribution is -0.167. The van der Waals surface area contributed by atoms with Gasteiger partial charge in [-0.15, -0.1) is 0 Å². The highest BCUT2D eigenvalue weighted by Gasteiger charge is 2.19. The van der Waals surface area contributed by atoms with Crippen molar-refractivity contribution >= 4 is 17.9 Å². The molecular weight excluding hydrogens is 925 g/mol. The Kier molecular flexibility index (Phi) is 58.4. The van der Waals surface area contributed by atoms with Crippen LogP contribution in [0.3, 0.4) is 0 Å². The van der Waals surface area contributed by atoms with Gasteiger partial charge in [-0.05, 0) is 122 Å². The first-order valence-corrected chi connectivity index (χ1v) is 30.7. The smallest absolute Gasteiger partial charge is 0.306 e. The van der Waals surface area contributed by atoms with E-state index < -0.39 is 6.10 Å². The maximum absolute atomic E-state index is 12.8. The SMILES string of the molecule is CC/C=C\C/C=C\C/C=C\C/C=C\C/C=C\C/C=C\C/C=C\C/C=C\C/C=C\C/C=C\CCCCC(=O)OCC(COC(=O)CCCCCCCCCCCC)OC(=O)CCCCCCC/C=C\CCCCCCC. The number of esters is 3. The van der Waals surface area contributed by atoms with Gasteiger partial charge in [0, 0.05) is 19.3 Å². The Morgan fingerprint density at radius 2 is 0.520 bits per heavy atom. The van der Waals surface area contributed by atoms with E-state index in [4.69, 9.17) is 14.2 Å². The molecule has 6 heteroatoms. The van der Waals surface area contributed by atoms with E-state index in [-0.39, 0.29) is 31.1 Å². The van der Waals surface area contributed by atoms with Gasteiger partial charge >= 0.3 is 17.9 Å². The highest BCUT2D eigenvalue weighted by Crippen LogP contribution is 2.14. The fourth-order valence-electron chi connectivity index (χ4n) is 8.05. The van der Waals surface area contributed by atoms with E-state index in [1.54, 1.807) is 0 Å². The van der Waals surface area contributed by atoms with Gasteiger partial charge in [-0.25, -0.2) is 0 Å². The van der Waals surface area contributed by atoms with Crippen molar-refractivity contribution in [2.45, 2.75) is 271 Å². The molecule has 0 saturated heterocycles. The summed E-state index contributed by atoms with van der Waals surface area (Å²) < 4.78 is 16.8. The third kappa shape index (κ3) is 60.3. The zero-order chi connectivity index (χ0) is 54.3. The van der Waals surface area contributed by atoms with Crippen LogP contribution < -0.4 is 0 Å². The maximum Gasteiger partial charge on any atom is 0.306 e. The molecule has 0 N–H and O–H groups in total. The molecule has 0 amide bonds. The molecule has 424 valence electrons. The largest absolute Gasteiger partial charge is 0.462 e. The van der Waals surface area contributed by atoms with Gasteiger partial charge < -0.3 is 14.2 Å². The summed E-state index contributed by atoms with van der Waals surface area (Å²) in [6.07, 6.45) is 87.5. The summed E-state index contributed by atoms with van der Waals surface area (Å²) in [7, 11) is 0. The molecule has 0 spiro atoms. The second-order valence-corrected chi connectivity index (χ2v) is 19.9. The summed E-state index contributed by atoms with van der Waals surface area (Å²) in [5.41, 5.74) is 0. The Hall–Kier alpha value is -4.45. The highest BCUT2D eigenvalue weighted by atomic mass is 16.6. The van der Waals surface area contributed by atoms with Gasteiger partial charge in [-0.3, -0.25) is 14.4 Å². The Labute approximate surface area is 462 Å². The van der Waals surface area contributed by atoms with E-state index in [9.17, 15) is 14.4 Å².